The molecule has 0 saturated heterocycles. The number of nitrogens with zero attached hydrogens (tertiary/aromatic N) is 4. The zero-order valence-corrected chi connectivity index (χ0v) is 17.1. The fourth-order valence-electron chi connectivity index (χ4n) is 2.87. The molecule has 30 heavy (non-hydrogen) atoms. The van der Waals surface area contributed by atoms with Crippen LogP contribution in [0.3, 0.4) is 0 Å². The molecule has 0 aliphatic heterocycles. The Bertz CT molecular complexity index is 1100. The fraction of sp³-hybridized carbons (Fsp3) is 0.273. The molecule has 0 radical (unpaired) electrons. The van der Waals surface area contributed by atoms with Crippen molar-refractivity contribution in [2.75, 3.05) is 25.0 Å². The molecule has 0 aliphatic carbocycles. The van der Waals surface area contributed by atoms with E-state index in [9.17, 15) is 10.1 Å². The van der Waals surface area contributed by atoms with E-state index in [0.29, 0.717) is 47.9 Å². The molecule has 3 aromatic rings. The molecular formula is C22H24N6O2. The lowest BCUT2D eigenvalue weighted by Gasteiger charge is -2.11. The number of hydrogen-bond acceptors (Lipinski definition) is 6. The van der Waals surface area contributed by atoms with Gasteiger partial charge in [-0.25, -0.2) is 9.50 Å². The van der Waals surface area contributed by atoms with Crippen LogP contribution >= 0.6 is 0 Å². The summed E-state index contributed by atoms with van der Waals surface area (Å²) < 4.78 is 7.44. The molecule has 0 fully saturated rings. The molecule has 3 rings (SSSR count). The Morgan fingerprint density at radius 3 is 2.83 bits per heavy atom. The van der Waals surface area contributed by atoms with Gasteiger partial charge in [0.05, 0.1) is 30.1 Å². The van der Waals surface area contributed by atoms with Crippen LogP contribution in [-0.2, 0) is 4.79 Å². The SMILES string of the molecule is C=C(C)C(=O)NCCNc1ccc(-c2cc(OCCC)cn3ncc(C#N)c23)cn1. The monoisotopic (exact) mass is 404 g/mol. The summed E-state index contributed by atoms with van der Waals surface area (Å²) in [6, 6.07) is 7.88. The minimum Gasteiger partial charge on any atom is -0.492 e. The zero-order chi connectivity index (χ0) is 21.5. The van der Waals surface area contributed by atoms with E-state index < -0.39 is 0 Å². The number of anilines is 1. The standard InChI is InChI=1S/C22H24N6O2/c1-4-9-30-18-10-19(21-17(11-23)13-27-28(21)14-18)16-5-6-20(26-12-16)24-7-8-25-22(29)15(2)3/h5-6,10,12-14H,2,4,7-9H2,1,3H3,(H,24,26)(H,25,29). The summed E-state index contributed by atoms with van der Waals surface area (Å²) in [7, 11) is 0. The van der Waals surface area contributed by atoms with Crippen LogP contribution in [0.4, 0.5) is 5.82 Å². The van der Waals surface area contributed by atoms with Gasteiger partial charge in [-0.2, -0.15) is 10.4 Å². The van der Waals surface area contributed by atoms with Crippen molar-refractivity contribution in [1.82, 2.24) is 19.9 Å². The second-order valence-electron chi connectivity index (χ2n) is 6.80. The molecule has 2 N–H and O–H groups in total. The largest absolute Gasteiger partial charge is 0.492 e. The number of carbonyl (C=O) groups is 1. The Hall–Kier alpha value is -3.86. The van der Waals surface area contributed by atoms with Gasteiger partial charge in [0.1, 0.15) is 17.6 Å². The first-order valence-electron chi connectivity index (χ1n) is 9.71. The highest BCUT2D eigenvalue weighted by Gasteiger charge is 2.14. The molecular weight excluding hydrogens is 380 g/mol. The van der Waals surface area contributed by atoms with Crippen molar-refractivity contribution in [3.05, 3.63) is 54.5 Å². The van der Waals surface area contributed by atoms with E-state index in [0.717, 1.165) is 17.5 Å². The lowest BCUT2D eigenvalue weighted by atomic mass is 10.1. The van der Waals surface area contributed by atoms with Crippen LogP contribution in [0.1, 0.15) is 25.8 Å². The Labute approximate surface area is 175 Å². The normalized spacial score (nSPS) is 10.4. The van der Waals surface area contributed by atoms with E-state index in [1.54, 1.807) is 30.0 Å². The van der Waals surface area contributed by atoms with Gasteiger partial charge in [0.2, 0.25) is 5.91 Å². The van der Waals surface area contributed by atoms with Crippen LogP contribution < -0.4 is 15.4 Å². The number of ether oxygens (including phenoxy) is 1. The zero-order valence-electron chi connectivity index (χ0n) is 17.1. The molecule has 0 spiro atoms. The van der Waals surface area contributed by atoms with Gasteiger partial charge in [0.25, 0.3) is 0 Å². The van der Waals surface area contributed by atoms with Crippen molar-refractivity contribution >= 4 is 17.2 Å². The third-order valence-electron chi connectivity index (χ3n) is 4.36. The summed E-state index contributed by atoms with van der Waals surface area (Å²) in [5.41, 5.74) is 3.35. The molecule has 0 bridgehead atoms. The number of fused-ring (bicyclic) bond motifs is 1. The van der Waals surface area contributed by atoms with Crippen molar-refractivity contribution in [3.63, 3.8) is 0 Å². The molecule has 154 valence electrons. The molecule has 1 amide bonds. The second kappa shape index (κ2) is 9.56. The van der Waals surface area contributed by atoms with E-state index >= 15 is 0 Å². The van der Waals surface area contributed by atoms with Crippen molar-refractivity contribution in [2.45, 2.75) is 20.3 Å². The summed E-state index contributed by atoms with van der Waals surface area (Å²) in [4.78, 5) is 15.9. The summed E-state index contributed by atoms with van der Waals surface area (Å²) in [5, 5.41) is 19.6. The van der Waals surface area contributed by atoms with Crippen LogP contribution in [0.15, 0.2) is 48.9 Å². The number of aromatic nitrogens is 3. The lowest BCUT2D eigenvalue weighted by Crippen LogP contribution is -2.29. The maximum Gasteiger partial charge on any atom is 0.246 e. The predicted molar refractivity (Wildman–Crippen MR) is 115 cm³/mol. The minimum atomic E-state index is -0.164. The topological polar surface area (TPSA) is 104 Å². The van der Waals surface area contributed by atoms with E-state index in [4.69, 9.17) is 4.74 Å². The van der Waals surface area contributed by atoms with Crippen LogP contribution in [-0.4, -0.2) is 40.2 Å². The summed E-state index contributed by atoms with van der Waals surface area (Å²) in [6.07, 6.45) is 5.95. The van der Waals surface area contributed by atoms with Crippen molar-refractivity contribution < 1.29 is 9.53 Å². The number of amides is 1. The number of rotatable bonds is 9. The Morgan fingerprint density at radius 2 is 2.17 bits per heavy atom. The molecule has 3 aromatic heterocycles. The number of pyridine rings is 2. The summed E-state index contributed by atoms with van der Waals surface area (Å²) in [6.45, 7) is 8.92. The first-order valence-corrected chi connectivity index (χ1v) is 9.71. The number of nitrogens with one attached hydrogen (secondary N) is 2. The molecule has 3 heterocycles. The van der Waals surface area contributed by atoms with Crippen LogP contribution in [0.2, 0.25) is 0 Å². The molecule has 8 nitrogen and oxygen atoms in total. The van der Waals surface area contributed by atoms with Gasteiger partial charge in [-0.3, -0.25) is 4.79 Å². The van der Waals surface area contributed by atoms with Gasteiger partial charge in [-0.15, -0.1) is 0 Å². The highest BCUT2D eigenvalue weighted by atomic mass is 16.5. The number of nitriles is 1. The van der Waals surface area contributed by atoms with Crippen LogP contribution in [0, 0.1) is 11.3 Å². The summed E-state index contributed by atoms with van der Waals surface area (Å²) >= 11 is 0. The highest BCUT2D eigenvalue weighted by molar-refractivity contribution is 5.92. The first-order chi connectivity index (χ1) is 14.5. The molecule has 8 heteroatoms. The molecule has 0 atom stereocenters. The van der Waals surface area contributed by atoms with Gasteiger partial charge in [0.15, 0.2) is 0 Å². The van der Waals surface area contributed by atoms with Gasteiger partial charge in [0, 0.05) is 36.0 Å². The average molecular weight is 404 g/mol. The minimum absolute atomic E-state index is 0.164. The van der Waals surface area contributed by atoms with Gasteiger partial charge in [-0.05, 0) is 31.5 Å². The third-order valence-corrected chi connectivity index (χ3v) is 4.36. The first kappa shape index (κ1) is 20.9. The van der Waals surface area contributed by atoms with Crippen LogP contribution in [0.5, 0.6) is 5.75 Å². The smallest absolute Gasteiger partial charge is 0.246 e. The fourth-order valence-corrected chi connectivity index (χ4v) is 2.87. The van der Waals surface area contributed by atoms with E-state index in [-0.39, 0.29) is 5.91 Å². The molecule has 0 aliphatic rings. The molecule has 0 saturated carbocycles. The summed E-state index contributed by atoms with van der Waals surface area (Å²) in [5.74, 6) is 1.21. The second-order valence-corrected chi connectivity index (χ2v) is 6.80. The maximum atomic E-state index is 11.5. The predicted octanol–water partition coefficient (Wildman–Crippen LogP) is 3.16. The molecule has 0 aromatic carbocycles. The highest BCUT2D eigenvalue weighted by Crippen LogP contribution is 2.31. The maximum absolute atomic E-state index is 11.5. The van der Waals surface area contributed by atoms with E-state index in [1.165, 1.54) is 0 Å². The lowest BCUT2D eigenvalue weighted by molar-refractivity contribution is -0.117. The molecule has 0 unspecified atom stereocenters. The van der Waals surface area contributed by atoms with Crippen molar-refractivity contribution in [2.24, 2.45) is 0 Å². The van der Waals surface area contributed by atoms with Crippen molar-refractivity contribution in [1.29, 1.82) is 5.26 Å². The van der Waals surface area contributed by atoms with Crippen molar-refractivity contribution in [3.8, 4) is 22.9 Å². The van der Waals surface area contributed by atoms with E-state index in [2.05, 4.69) is 33.4 Å². The van der Waals surface area contributed by atoms with Gasteiger partial charge in [-0.1, -0.05) is 13.5 Å². The number of hydrogen-bond donors (Lipinski definition) is 2. The van der Waals surface area contributed by atoms with Gasteiger partial charge >= 0.3 is 0 Å². The Balaban J connectivity index is 1.79. The van der Waals surface area contributed by atoms with Crippen LogP contribution in [0.25, 0.3) is 16.6 Å². The number of carbonyl (C=O) groups excluding carboxylic acids is 1. The van der Waals surface area contributed by atoms with Gasteiger partial charge < -0.3 is 15.4 Å². The Morgan fingerprint density at radius 1 is 1.33 bits per heavy atom. The van der Waals surface area contributed by atoms with E-state index in [1.807, 2.05) is 25.1 Å². The third kappa shape index (κ3) is 4.75. The Kier molecular flexibility index (Phi) is 6.65. The quantitative estimate of drug-likeness (QED) is 0.419. The average Bonchev–Trinajstić information content (AvgIpc) is 3.18.